The first-order valence-electron chi connectivity index (χ1n) is 10.0. The zero-order valence-corrected chi connectivity index (χ0v) is 17.2. The summed E-state index contributed by atoms with van der Waals surface area (Å²) in [6.07, 6.45) is 0. The van der Waals surface area contributed by atoms with Gasteiger partial charge in [-0.25, -0.2) is 0 Å². The molecule has 0 spiro atoms. The lowest BCUT2D eigenvalue weighted by molar-refractivity contribution is -0.138. The largest absolute Gasteiger partial charge is 0.378 e. The van der Waals surface area contributed by atoms with Crippen molar-refractivity contribution in [2.24, 2.45) is 0 Å². The molecule has 0 unspecified atom stereocenters. The SMILES string of the molecule is Cc1ccc(CN2C(=O)C(c3ccc(C)c(C)c3)=C(N3CCOCC3)C2=O)cc1. The molecule has 150 valence electrons. The summed E-state index contributed by atoms with van der Waals surface area (Å²) in [6.45, 7) is 8.71. The smallest absolute Gasteiger partial charge is 0.278 e. The van der Waals surface area contributed by atoms with Crippen LogP contribution in [0.3, 0.4) is 0 Å². The average Bonchev–Trinajstić information content (AvgIpc) is 2.97. The van der Waals surface area contributed by atoms with E-state index in [4.69, 9.17) is 4.74 Å². The number of amides is 2. The third-order valence-electron chi connectivity index (χ3n) is 5.73. The van der Waals surface area contributed by atoms with Crippen LogP contribution < -0.4 is 0 Å². The first kappa shape index (κ1) is 19.4. The summed E-state index contributed by atoms with van der Waals surface area (Å²) in [5.41, 5.74) is 6.18. The molecule has 4 rings (SSSR count). The topological polar surface area (TPSA) is 49.9 Å². The number of benzene rings is 2. The number of carbonyl (C=O) groups excluding carboxylic acids is 2. The third-order valence-corrected chi connectivity index (χ3v) is 5.73. The Morgan fingerprint density at radius 3 is 2.21 bits per heavy atom. The molecular formula is C24H26N2O3. The molecule has 5 heteroatoms. The van der Waals surface area contributed by atoms with Gasteiger partial charge in [-0.05, 0) is 43.0 Å². The fourth-order valence-corrected chi connectivity index (χ4v) is 3.82. The second-order valence-corrected chi connectivity index (χ2v) is 7.80. The molecular weight excluding hydrogens is 364 g/mol. The van der Waals surface area contributed by atoms with Gasteiger partial charge in [0.25, 0.3) is 11.8 Å². The molecule has 0 N–H and O–H groups in total. The van der Waals surface area contributed by atoms with Crippen molar-refractivity contribution in [1.82, 2.24) is 9.80 Å². The van der Waals surface area contributed by atoms with Crippen molar-refractivity contribution < 1.29 is 14.3 Å². The molecule has 2 aliphatic heterocycles. The summed E-state index contributed by atoms with van der Waals surface area (Å²) in [7, 11) is 0. The minimum Gasteiger partial charge on any atom is -0.378 e. The van der Waals surface area contributed by atoms with E-state index in [1.165, 1.54) is 4.90 Å². The Bertz CT molecular complexity index is 986. The van der Waals surface area contributed by atoms with Crippen molar-refractivity contribution in [3.05, 3.63) is 76.0 Å². The standard InChI is InChI=1S/C24H26N2O3/c1-16-4-7-19(8-5-16)15-26-23(27)21(20-9-6-17(2)18(3)14-20)22(24(26)28)25-10-12-29-13-11-25/h4-9,14H,10-13,15H2,1-3H3. The Kier molecular flexibility index (Phi) is 5.24. The van der Waals surface area contributed by atoms with E-state index in [-0.39, 0.29) is 18.4 Å². The summed E-state index contributed by atoms with van der Waals surface area (Å²) in [4.78, 5) is 30.2. The number of aryl methyl sites for hydroxylation is 3. The zero-order chi connectivity index (χ0) is 20.5. The van der Waals surface area contributed by atoms with Gasteiger partial charge in [0.15, 0.2) is 0 Å². The maximum atomic E-state index is 13.4. The quantitative estimate of drug-likeness (QED) is 0.752. The van der Waals surface area contributed by atoms with Gasteiger partial charge in [-0.1, -0.05) is 48.0 Å². The Balaban J connectivity index is 1.74. The van der Waals surface area contributed by atoms with Crippen molar-refractivity contribution in [1.29, 1.82) is 0 Å². The molecule has 0 bridgehead atoms. The van der Waals surface area contributed by atoms with Crippen molar-refractivity contribution in [2.45, 2.75) is 27.3 Å². The fourth-order valence-electron chi connectivity index (χ4n) is 3.82. The minimum absolute atomic E-state index is 0.217. The summed E-state index contributed by atoms with van der Waals surface area (Å²) in [5.74, 6) is -0.439. The number of imide groups is 1. The van der Waals surface area contributed by atoms with E-state index in [0.29, 0.717) is 37.6 Å². The molecule has 0 atom stereocenters. The maximum Gasteiger partial charge on any atom is 0.278 e. The van der Waals surface area contributed by atoms with E-state index in [9.17, 15) is 9.59 Å². The molecule has 1 saturated heterocycles. The maximum absolute atomic E-state index is 13.4. The van der Waals surface area contributed by atoms with Crippen molar-refractivity contribution in [3.63, 3.8) is 0 Å². The van der Waals surface area contributed by atoms with Crippen LogP contribution in [-0.4, -0.2) is 47.9 Å². The summed E-state index contributed by atoms with van der Waals surface area (Å²) in [6, 6.07) is 13.9. The van der Waals surface area contributed by atoms with Crippen LogP contribution in [0.25, 0.3) is 5.57 Å². The summed E-state index contributed by atoms with van der Waals surface area (Å²) < 4.78 is 5.46. The molecule has 2 heterocycles. The van der Waals surface area contributed by atoms with Gasteiger partial charge in [0, 0.05) is 13.1 Å². The van der Waals surface area contributed by atoms with Gasteiger partial charge in [0.05, 0.1) is 25.3 Å². The van der Waals surface area contributed by atoms with Crippen LogP contribution in [0.1, 0.15) is 27.8 Å². The van der Waals surface area contributed by atoms with E-state index in [1.54, 1.807) is 0 Å². The number of nitrogens with zero attached hydrogens (tertiary/aromatic N) is 2. The van der Waals surface area contributed by atoms with Crippen molar-refractivity contribution >= 4 is 17.4 Å². The molecule has 0 aliphatic carbocycles. The lowest BCUT2D eigenvalue weighted by Gasteiger charge is -2.29. The van der Waals surface area contributed by atoms with Crippen LogP contribution in [-0.2, 0) is 20.9 Å². The van der Waals surface area contributed by atoms with E-state index in [0.717, 1.165) is 27.8 Å². The van der Waals surface area contributed by atoms with Gasteiger partial charge >= 0.3 is 0 Å². The summed E-state index contributed by atoms with van der Waals surface area (Å²) >= 11 is 0. The Morgan fingerprint density at radius 1 is 0.862 bits per heavy atom. The molecule has 2 amide bonds. The van der Waals surface area contributed by atoms with E-state index in [1.807, 2.05) is 68.1 Å². The van der Waals surface area contributed by atoms with Crippen LogP contribution >= 0.6 is 0 Å². The highest BCUT2D eigenvalue weighted by molar-refractivity contribution is 6.35. The van der Waals surface area contributed by atoms with E-state index >= 15 is 0 Å². The molecule has 2 aliphatic rings. The molecule has 0 radical (unpaired) electrons. The highest BCUT2D eigenvalue weighted by atomic mass is 16.5. The third kappa shape index (κ3) is 3.70. The minimum atomic E-state index is -0.222. The second-order valence-electron chi connectivity index (χ2n) is 7.80. The average molecular weight is 390 g/mol. The predicted octanol–water partition coefficient (Wildman–Crippen LogP) is 3.22. The first-order chi connectivity index (χ1) is 14.0. The van der Waals surface area contributed by atoms with Gasteiger partial charge in [-0.3, -0.25) is 14.5 Å². The molecule has 5 nitrogen and oxygen atoms in total. The van der Waals surface area contributed by atoms with Gasteiger partial charge in [-0.15, -0.1) is 0 Å². The number of ether oxygens (including phenoxy) is 1. The van der Waals surface area contributed by atoms with Crippen LogP contribution in [0.4, 0.5) is 0 Å². The highest BCUT2D eigenvalue weighted by Crippen LogP contribution is 2.33. The molecule has 0 aromatic heterocycles. The lowest BCUT2D eigenvalue weighted by atomic mass is 9.99. The number of carbonyl (C=O) groups is 2. The van der Waals surface area contributed by atoms with E-state index in [2.05, 4.69) is 0 Å². The number of rotatable bonds is 4. The molecule has 2 aromatic rings. The van der Waals surface area contributed by atoms with Crippen LogP contribution in [0.5, 0.6) is 0 Å². The molecule has 0 saturated carbocycles. The predicted molar refractivity (Wildman–Crippen MR) is 112 cm³/mol. The first-order valence-corrected chi connectivity index (χ1v) is 10.0. The van der Waals surface area contributed by atoms with Crippen molar-refractivity contribution in [3.8, 4) is 0 Å². The molecule has 2 aromatic carbocycles. The highest BCUT2D eigenvalue weighted by Gasteiger charge is 2.41. The van der Waals surface area contributed by atoms with Gasteiger partial charge < -0.3 is 9.64 Å². The van der Waals surface area contributed by atoms with Crippen LogP contribution in [0.15, 0.2) is 48.2 Å². The molecule has 29 heavy (non-hydrogen) atoms. The monoisotopic (exact) mass is 390 g/mol. The van der Waals surface area contributed by atoms with Crippen molar-refractivity contribution in [2.75, 3.05) is 26.3 Å². The second kappa shape index (κ2) is 7.84. The molecule has 1 fully saturated rings. The summed E-state index contributed by atoms with van der Waals surface area (Å²) in [5, 5.41) is 0. The Labute approximate surface area is 171 Å². The Hall–Kier alpha value is -2.92. The number of hydrogen-bond donors (Lipinski definition) is 0. The van der Waals surface area contributed by atoms with Gasteiger partial charge in [-0.2, -0.15) is 0 Å². The van der Waals surface area contributed by atoms with Crippen LogP contribution in [0.2, 0.25) is 0 Å². The van der Waals surface area contributed by atoms with Gasteiger partial charge in [0.1, 0.15) is 5.70 Å². The number of morpholine rings is 1. The van der Waals surface area contributed by atoms with Crippen LogP contribution in [0, 0.1) is 20.8 Å². The Morgan fingerprint density at radius 2 is 1.55 bits per heavy atom. The lowest BCUT2D eigenvalue weighted by Crippen LogP contribution is -2.40. The normalized spacial score (nSPS) is 17.5. The van der Waals surface area contributed by atoms with E-state index < -0.39 is 0 Å². The fraction of sp³-hybridized carbons (Fsp3) is 0.333. The zero-order valence-electron chi connectivity index (χ0n) is 17.2. The number of hydrogen-bond acceptors (Lipinski definition) is 4. The van der Waals surface area contributed by atoms with Gasteiger partial charge in [0.2, 0.25) is 0 Å².